The molecule has 1 aromatic carbocycles. The average Bonchev–Trinajstić information content (AvgIpc) is 3.11. The summed E-state index contributed by atoms with van der Waals surface area (Å²) in [5.74, 6) is -1.06. The van der Waals surface area contributed by atoms with Crippen molar-refractivity contribution in [2.24, 2.45) is 5.73 Å². The summed E-state index contributed by atoms with van der Waals surface area (Å²) in [7, 11) is -4.19. The van der Waals surface area contributed by atoms with Gasteiger partial charge in [-0.25, -0.2) is 4.57 Å². The van der Waals surface area contributed by atoms with Crippen LogP contribution in [0.4, 0.5) is 0 Å². The molecule has 0 aliphatic carbocycles. The molecule has 0 aromatic heterocycles. The van der Waals surface area contributed by atoms with Crippen LogP contribution in [0.1, 0.15) is 27.2 Å². The van der Waals surface area contributed by atoms with Crippen LogP contribution in [0.15, 0.2) is 54.4 Å². The van der Waals surface area contributed by atoms with Gasteiger partial charge in [-0.05, 0) is 39.3 Å². The van der Waals surface area contributed by atoms with E-state index >= 15 is 0 Å². The van der Waals surface area contributed by atoms with E-state index in [1.165, 1.54) is 18.0 Å². The molecule has 5 N–H and O–H groups in total. The first-order valence-corrected chi connectivity index (χ1v) is 13.0. The van der Waals surface area contributed by atoms with Crippen molar-refractivity contribution in [3.8, 4) is 5.75 Å². The first kappa shape index (κ1) is 27.9. The fourth-order valence-electron chi connectivity index (χ4n) is 3.52. The lowest BCUT2D eigenvalue weighted by Crippen LogP contribution is -2.40. The van der Waals surface area contributed by atoms with E-state index < -0.39 is 56.8 Å². The van der Waals surface area contributed by atoms with Crippen molar-refractivity contribution in [2.75, 3.05) is 6.61 Å². The third kappa shape index (κ3) is 7.16. The molecule has 2 aliphatic heterocycles. The number of ether oxygens (including phenoxy) is 2. The van der Waals surface area contributed by atoms with Gasteiger partial charge in [0, 0.05) is 18.0 Å². The molecule has 1 unspecified atom stereocenters. The van der Waals surface area contributed by atoms with Crippen LogP contribution in [0.5, 0.6) is 5.75 Å². The first-order chi connectivity index (χ1) is 17.0. The first-order valence-electron chi connectivity index (χ1n) is 11.4. The van der Waals surface area contributed by atoms with Gasteiger partial charge < -0.3 is 34.8 Å². The molecule has 0 bridgehead atoms. The Labute approximate surface area is 209 Å². The molecule has 1 saturated heterocycles. The second-order valence-electron chi connectivity index (χ2n) is 8.63. The summed E-state index contributed by atoms with van der Waals surface area (Å²) >= 11 is 0. The Morgan fingerprint density at radius 2 is 1.92 bits per heavy atom. The number of hydrogen-bond acceptors (Lipinski definition) is 10. The Kier molecular flexibility index (Phi) is 9.29. The molecule has 0 saturated carbocycles. The van der Waals surface area contributed by atoms with Gasteiger partial charge in [0.05, 0.1) is 12.7 Å². The highest BCUT2D eigenvalue weighted by molar-refractivity contribution is 7.52. The number of para-hydroxylation sites is 1. The van der Waals surface area contributed by atoms with Crippen molar-refractivity contribution >= 4 is 19.6 Å². The van der Waals surface area contributed by atoms with Crippen molar-refractivity contribution < 1.29 is 42.9 Å². The average molecular weight is 525 g/mol. The van der Waals surface area contributed by atoms with Crippen molar-refractivity contribution in [1.29, 1.82) is 0 Å². The predicted octanol–water partition coefficient (Wildman–Crippen LogP) is 1.16. The monoisotopic (exact) mass is 525 g/mol. The van der Waals surface area contributed by atoms with Gasteiger partial charge in [-0.15, -0.1) is 0 Å². The van der Waals surface area contributed by atoms with E-state index in [4.69, 9.17) is 24.3 Å². The maximum absolute atomic E-state index is 13.6. The Morgan fingerprint density at radius 3 is 2.56 bits per heavy atom. The van der Waals surface area contributed by atoms with Gasteiger partial charge in [-0.1, -0.05) is 24.3 Å². The molecule has 3 rings (SSSR count). The molecule has 198 valence electrons. The number of nitrogens with one attached hydrogen (secondary N) is 1. The molecule has 0 radical (unpaired) electrons. The van der Waals surface area contributed by atoms with Gasteiger partial charge in [0.2, 0.25) is 5.91 Å². The lowest BCUT2D eigenvalue weighted by molar-refractivity contribution is -0.149. The van der Waals surface area contributed by atoms with Crippen molar-refractivity contribution in [1.82, 2.24) is 9.99 Å². The number of primary amides is 1. The van der Waals surface area contributed by atoms with Crippen LogP contribution in [0, 0.1) is 0 Å². The number of aliphatic hydroxyl groups excluding tert-OH is 2. The highest BCUT2D eigenvalue weighted by atomic mass is 31.2. The molecule has 12 nitrogen and oxygen atoms in total. The summed E-state index contributed by atoms with van der Waals surface area (Å²) in [6.07, 6.45) is -0.339. The quantitative estimate of drug-likeness (QED) is 0.241. The van der Waals surface area contributed by atoms with Gasteiger partial charge in [-0.3, -0.25) is 14.1 Å². The third-order valence-electron chi connectivity index (χ3n) is 5.30. The predicted molar refractivity (Wildman–Crippen MR) is 128 cm³/mol. The van der Waals surface area contributed by atoms with Crippen LogP contribution < -0.4 is 15.3 Å². The number of hydrogen-bond donors (Lipinski definition) is 4. The number of nitrogens with zero attached hydrogens (tertiary/aromatic N) is 1. The largest absolute Gasteiger partial charge is 0.462 e. The van der Waals surface area contributed by atoms with Crippen LogP contribution in [0.25, 0.3) is 0 Å². The summed E-state index contributed by atoms with van der Waals surface area (Å²) in [5, 5.41) is 23.6. The van der Waals surface area contributed by atoms with Crippen LogP contribution in [-0.2, 0) is 28.2 Å². The molecule has 2 heterocycles. The molecule has 1 aromatic rings. The summed E-state index contributed by atoms with van der Waals surface area (Å²) < 4.78 is 35.6. The fourth-order valence-corrected chi connectivity index (χ4v) is 5.02. The normalized spacial score (nSPS) is 26.3. The third-order valence-corrected chi connectivity index (χ3v) is 6.95. The van der Waals surface area contributed by atoms with E-state index in [1.54, 1.807) is 56.5 Å². The highest BCUT2D eigenvalue weighted by Crippen LogP contribution is 2.45. The number of benzene rings is 1. The van der Waals surface area contributed by atoms with Crippen LogP contribution >= 0.6 is 7.75 Å². The van der Waals surface area contributed by atoms with E-state index in [2.05, 4.69) is 5.09 Å². The Hall–Kier alpha value is -2.73. The van der Waals surface area contributed by atoms with E-state index in [9.17, 15) is 24.4 Å². The molecule has 36 heavy (non-hydrogen) atoms. The molecule has 0 spiro atoms. The van der Waals surface area contributed by atoms with Gasteiger partial charge in [0.25, 0.3) is 0 Å². The summed E-state index contributed by atoms with van der Waals surface area (Å²) in [5.41, 5.74) is 5.64. The minimum atomic E-state index is -4.19. The highest BCUT2D eigenvalue weighted by Gasteiger charge is 2.46. The topological polar surface area (TPSA) is 170 Å². The number of amides is 1. The van der Waals surface area contributed by atoms with Crippen LogP contribution in [-0.4, -0.2) is 70.3 Å². The zero-order valence-corrected chi connectivity index (χ0v) is 21.1. The number of esters is 1. The van der Waals surface area contributed by atoms with E-state index in [1.807, 2.05) is 0 Å². The molecule has 2 aliphatic rings. The number of rotatable bonds is 11. The summed E-state index contributed by atoms with van der Waals surface area (Å²) in [4.78, 5) is 25.2. The summed E-state index contributed by atoms with van der Waals surface area (Å²) in [6, 6.07) is 7.14. The smallest absolute Gasteiger partial charge is 0.459 e. The Morgan fingerprint density at radius 1 is 1.22 bits per heavy atom. The van der Waals surface area contributed by atoms with Crippen molar-refractivity contribution in [3.63, 3.8) is 0 Å². The van der Waals surface area contributed by atoms with Gasteiger partial charge in [-0.2, -0.15) is 5.09 Å². The minimum absolute atomic E-state index is 0.214. The maximum Gasteiger partial charge on any atom is 0.459 e. The molecular weight excluding hydrogens is 493 g/mol. The number of nitrogens with two attached hydrogens (primary N) is 1. The zero-order valence-electron chi connectivity index (χ0n) is 20.2. The fraction of sp³-hybridized carbons (Fsp3) is 0.478. The SMILES string of the molecule is CC(C)OC(=O)[C@H](C)NP(=O)(OC[C@H]1O[C@@H](N2C=CCC(C(N)=O)=C2)[C@@H](O)[C@H]1O)Oc1ccccc1. The van der Waals surface area contributed by atoms with Crippen molar-refractivity contribution in [3.05, 3.63) is 54.4 Å². The molecular formula is C23H32N3O9P. The van der Waals surface area contributed by atoms with Crippen molar-refractivity contribution in [2.45, 2.75) is 63.9 Å². The van der Waals surface area contributed by atoms with Crippen LogP contribution in [0.2, 0.25) is 0 Å². The summed E-state index contributed by atoms with van der Waals surface area (Å²) in [6.45, 7) is 4.35. The Bertz CT molecular complexity index is 1030. The van der Waals surface area contributed by atoms with E-state index in [0.29, 0.717) is 12.0 Å². The lowest BCUT2D eigenvalue weighted by Gasteiger charge is -2.28. The zero-order chi connectivity index (χ0) is 26.5. The standard InChI is InChI=1S/C23H32N3O9P/c1-14(2)33-23(30)15(3)25-36(31,35-17-9-5-4-6-10-17)32-13-18-19(27)20(28)22(34-18)26-11-7-8-16(12-26)21(24)29/h4-7,9-12,14-15,18-20,22,27-28H,8,13H2,1-3H3,(H2,24,29)(H,25,31)/t15-,18+,19-,20-,22+,36?/m0/s1. The lowest BCUT2D eigenvalue weighted by atomic mass is 10.1. The molecule has 13 heteroatoms. The number of carbonyl (C=O) groups excluding carboxylic acids is 2. The molecule has 1 fully saturated rings. The number of allylic oxidation sites excluding steroid dienone is 1. The number of carbonyl (C=O) groups is 2. The second-order valence-corrected chi connectivity index (χ2v) is 10.3. The van der Waals surface area contributed by atoms with Gasteiger partial charge >= 0.3 is 13.7 Å². The molecule has 1 amide bonds. The maximum atomic E-state index is 13.6. The van der Waals surface area contributed by atoms with E-state index in [-0.39, 0.29) is 11.9 Å². The minimum Gasteiger partial charge on any atom is -0.462 e. The van der Waals surface area contributed by atoms with Gasteiger partial charge in [0.1, 0.15) is 30.1 Å². The van der Waals surface area contributed by atoms with Gasteiger partial charge in [0.15, 0.2) is 6.23 Å². The second kappa shape index (κ2) is 12.0. The molecule has 6 atom stereocenters. The van der Waals surface area contributed by atoms with E-state index in [0.717, 1.165) is 0 Å². The van der Waals surface area contributed by atoms with Crippen LogP contribution in [0.3, 0.4) is 0 Å². The number of aliphatic hydroxyl groups is 2. The Balaban J connectivity index is 1.72.